The predicted octanol–water partition coefficient (Wildman–Crippen LogP) is 6.92. The van der Waals surface area contributed by atoms with E-state index in [1.807, 2.05) is 63.2 Å². The van der Waals surface area contributed by atoms with Crippen LogP contribution in [0.5, 0.6) is 0 Å². The molecular weight excluding hydrogens is 530 g/mol. The molecule has 0 aromatic heterocycles. The van der Waals surface area contributed by atoms with Gasteiger partial charge in [0.05, 0.1) is 5.75 Å². The fourth-order valence-electron chi connectivity index (χ4n) is 3.83. The molecule has 0 spiro atoms. The number of hydrogen-bond acceptors (Lipinski definition) is 3. The van der Waals surface area contributed by atoms with Crippen LogP contribution < -0.4 is 5.32 Å². The molecule has 0 aliphatic rings. The zero-order chi connectivity index (χ0) is 27.0. The van der Waals surface area contributed by atoms with Crippen molar-refractivity contribution in [3.05, 3.63) is 105 Å². The number of carbonyl (C=O) groups excluding carboxylic acids is 2. The van der Waals surface area contributed by atoms with Gasteiger partial charge >= 0.3 is 0 Å². The van der Waals surface area contributed by atoms with Crippen molar-refractivity contribution in [1.82, 2.24) is 10.2 Å². The van der Waals surface area contributed by atoms with E-state index < -0.39 is 17.4 Å². The highest BCUT2D eigenvalue weighted by atomic mass is 35.5. The van der Waals surface area contributed by atoms with Gasteiger partial charge in [0, 0.05) is 39.9 Å². The van der Waals surface area contributed by atoms with Crippen molar-refractivity contribution in [3.8, 4) is 0 Å². The number of amides is 2. The lowest BCUT2D eigenvalue weighted by molar-refractivity contribution is -0.140. The largest absolute Gasteiger partial charge is 0.350 e. The summed E-state index contributed by atoms with van der Waals surface area (Å²) in [6, 6.07) is 20.6. The first-order valence-corrected chi connectivity index (χ1v) is 13.8. The number of nitrogens with zero attached hydrogens (tertiary/aromatic N) is 1. The summed E-state index contributed by atoms with van der Waals surface area (Å²) in [4.78, 5) is 28.8. The summed E-state index contributed by atoms with van der Waals surface area (Å²) in [6.45, 7) is 5.92. The molecule has 0 radical (unpaired) electrons. The molecule has 0 fully saturated rings. The average Bonchev–Trinajstić information content (AvgIpc) is 2.82. The molecule has 0 aliphatic heterocycles. The Morgan fingerprint density at radius 3 is 2.30 bits per heavy atom. The number of rotatable bonds is 10. The number of halogens is 3. The Labute approximate surface area is 232 Å². The summed E-state index contributed by atoms with van der Waals surface area (Å²) in [5, 5.41) is 3.91. The van der Waals surface area contributed by atoms with Crippen LogP contribution in [0.25, 0.3) is 0 Å². The first-order chi connectivity index (χ1) is 17.5. The van der Waals surface area contributed by atoms with Crippen LogP contribution in [0.2, 0.25) is 10.0 Å². The molecule has 3 aromatic carbocycles. The normalized spacial score (nSPS) is 12.2. The average molecular weight is 562 g/mol. The molecule has 8 heteroatoms. The molecule has 1 N–H and O–H groups in total. The second-order valence-corrected chi connectivity index (χ2v) is 11.6. The third-order valence-electron chi connectivity index (χ3n) is 5.54. The van der Waals surface area contributed by atoms with Crippen LogP contribution in [0.15, 0.2) is 72.8 Å². The molecule has 0 heterocycles. The molecular formula is C29H31Cl2FN2O2S. The van der Waals surface area contributed by atoms with Crippen molar-refractivity contribution in [2.45, 2.75) is 51.1 Å². The van der Waals surface area contributed by atoms with Gasteiger partial charge in [-0.25, -0.2) is 4.39 Å². The van der Waals surface area contributed by atoms with Crippen LogP contribution >= 0.6 is 35.0 Å². The van der Waals surface area contributed by atoms with Crippen molar-refractivity contribution in [2.24, 2.45) is 0 Å². The maximum absolute atomic E-state index is 14.2. The Balaban J connectivity index is 1.89. The van der Waals surface area contributed by atoms with E-state index in [1.54, 1.807) is 29.2 Å². The second-order valence-electron chi connectivity index (χ2n) is 9.79. The lowest BCUT2D eigenvalue weighted by Gasteiger charge is -2.34. The molecule has 3 rings (SSSR count). The SMILES string of the molecule is CC(C)(C)NC(=O)C(Cc1ccccc1)N(Cc1cccc(Cl)c1)C(=O)CSCc1c(F)cccc1Cl. The highest BCUT2D eigenvalue weighted by molar-refractivity contribution is 7.99. The number of nitrogens with one attached hydrogen (secondary N) is 1. The van der Waals surface area contributed by atoms with Crippen molar-refractivity contribution in [1.29, 1.82) is 0 Å². The van der Waals surface area contributed by atoms with E-state index in [0.717, 1.165) is 11.1 Å². The van der Waals surface area contributed by atoms with Crippen LogP contribution in [0.3, 0.4) is 0 Å². The van der Waals surface area contributed by atoms with Gasteiger partial charge in [-0.1, -0.05) is 71.7 Å². The van der Waals surface area contributed by atoms with E-state index in [-0.39, 0.29) is 29.9 Å². The Morgan fingerprint density at radius 2 is 1.65 bits per heavy atom. The maximum atomic E-state index is 14.2. The molecule has 4 nitrogen and oxygen atoms in total. The summed E-state index contributed by atoms with van der Waals surface area (Å²) in [7, 11) is 0. The van der Waals surface area contributed by atoms with E-state index in [0.29, 0.717) is 22.0 Å². The summed E-state index contributed by atoms with van der Waals surface area (Å²) in [5.74, 6) is -0.593. The van der Waals surface area contributed by atoms with Gasteiger partial charge in [-0.15, -0.1) is 11.8 Å². The third kappa shape index (κ3) is 9.06. The lowest BCUT2D eigenvalue weighted by Crippen LogP contribution is -2.54. The highest BCUT2D eigenvalue weighted by Gasteiger charge is 2.32. The van der Waals surface area contributed by atoms with E-state index in [1.165, 1.54) is 17.8 Å². The van der Waals surface area contributed by atoms with E-state index in [9.17, 15) is 14.0 Å². The summed E-state index contributed by atoms with van der Waals surface area (Å²) >= 11 is 13.6. The summed E-state index contributed by atoms with van der Waals surface area (Å²) in [6.07, 6.45) is 0.346. The standard InChI is InChI=1S/C29H31Cl2FN2O2S/c1-29(2,3)33-28(36)26(16-20-9-5-4-6-10-20)34(17-21-11-7-12-22(30)15-21)27(35)19-37-18-23-24(31)13-8-14-25(23)32/h4-15,26H,16-19H2,1-3H3,(H,33,36). The first kappa shape index (κ1) is 29.0. The highest BCUT2D eigenvalue weighted by Crippen LogP contribution is 2.25. The zero-order valence-corrected chi connectivity index (χ0v) is 23.5. The van der Waals surface area contributed by atoms with Crippen LogP contribution in [0, 0.1) is 5.82 Å². The molecule has 196 valence electrons. The molecule has 0 saturated carbocycles. The lowest BCUT2D eigenvalue weighted by atomic mass is 10.0. The van der Waals surface area contributed by atoms with Crippen molar-refractivity contribution in [3.63, 3.8) is 0 Å². The first-order valence-electron chi connectivity index (χ1n) is 11.9. The summed E-state index contributed by atoms with van der Waals surface area (Å²) < 4.78 is 14.2. The minimum absolute atomic E-state index is 0.0549. The van der Waals surface area contributed by atoms with Crippen LogP contribution in [-0.4, -0.2) is 34.0 Å². The van der Waals surface area contributed by atoms with Crippen molar-refractivity contribution < 1.29 is 14.0 Å². The van der Waals surface area contributed by atoms with Gasteiger partial charge < -0.3 is 10.2 Å². The van der Waals surface area contributed by atoms with Crippen molar-refractivity contribution >= 4 is 46.8 Å². The fraction of sp³-hybridized carbons (Fsp3) is 0.310. The molecule has 0 bridgehead atoms. The Bertz CT molecular complexity index is 1200. The van der Waals surface area contributed by atoms with Gasteiger partial charge in [0.25, 0.3) is 0 Å². The van der Waals surface area contributed by atoms with Gasteiger partial charge in [-0.2, -0.15) is 0 Å². The van der Waals surface area contributed by atoms with Gasteiger partial charge in [0.15, 0.2) is 0 Å². The second kappa shape index (κ2) is 13.3. The molecule has 0 saturated heterocycles. The maximum Gasteiger partial charge on any atom is 0.243 e. The van der Waals surface area contributed by atoms with Crippen LogP contribution in [0.1, 0.15) is 37.5 Å². The van der Waals surface area contributed by atoms with Crippen LogP contribution in [0.4, 0.5) is 4.39 Å². The monoisotopic (exact) mass is 560 g/mol. The van der Waals surface area contributed by atoms with E-state index in [2.05, 4.69) is 5.32 Å². The number of thioether (sulfide) groups is 1. The Morgan fingerprint density at radius 1 is 0.973 bits per heavy atom. The molecule has 37 heavy (non-hydrogen) atoms. The Hall–Kier alpha value is -2.54. The molecule has 2 amide bonds. The summed E-state index contributed by atoms with van der Waals surface area (Å²) in [5.41, 5.74) is 1.62. The van der Waals surface area contributed by atoms with Gasteiger partial charge in [0.1, 0.15) is 11.9 Å². The van der Waals surface area contributed by atoms with E-state index >= 15 is 0 Å². The third-order valence-corrected chi connectivity index (χ3v) is 7.08. The number of carbonyl (C=O) groups is 2. The van der Waals surface area contributed by atoms with Crippen molar-refractivity contribution in [2.75, 3.05) is 5.75 Å². The molecule has 1 atom stereocenters. The minimum atomic E-state index is -0.759. The predicted molar refractivity (Wildman–Crippen MR) is 151 cm³/mol. The molecule has 3 aromatic rings. The molecule has 0 aliphatic carbocycles. The fourth-order valence-corrected chi connectivity index (χ4v) is 5.29. The quantitative estimate of drug-likeness (QED) is 0.292. The van der Waals surface area contributed by atoms with E-state index in [4.69, 9.17) is 23.2 Å². The minimum Gasteiger partial charge on any atom is -0.350 e. The topological polar surface area (TPSA) is 49.4 Å². The van der Waals surface area contributed by atoms with Crippen LogP contribution in [-0.2, 0) is 28.3 Å². The molecule has 1 unspecified atom stereocenters. The zero-order valence-electron chi connectivity index (χ0n) is 21.1. The van der Waals surface area contributed by atoms with Gasteiger partial charge in [-0.3, -0.25) is 9.59 Å². The Kier molecular flexibility index (Phi) is 10.4. The number of hydrogen-bond donors (Lipinski definition) is 1. The van der Waals surface area contributed by atoms with Gasteiger partial charge in [0.2, 0.25) is 11.8 Å². The smallest absolute Gasteiger partial charge is 0.243 e. The number of benzene rings is 3. The van der Waals surface area contributed by atoms with Gasteiger partial charge in [-0.05, 0) is 56.2 Å².